The molecule has 0 aliphatic rings. The van der Waals surface area contributed by atoms with Gasteiger partial charge in [-0.05, 0) is 24.6 Å². The third kappa shape index (κ3) is 3.90. The van der Waals surface area contributed by atoms with Crippen LogP contribution in [-0.4, -0.2) is 11.8 Å². The monoisotopic (exact) mass is 234 g/mol. The van der Waals surface area contributed by atoms with Gasteiger partial charge in [-0.2, -0.15) is 0 Å². The fourth-order valence-corrected chi connectivity index (χ4v) is 1.31. The van der Waals surface area contributed by atoms with E-state index in [1.165, 1.54) is 6.92 Å². The number of amides is 2. The number of hydrogen-bond acceptors (Lipinski definition) is 2. The van der Waals surface area contributed by atoms with Gasteiger partial charge in [0.25, 0.3) is 0 Å². The predicted octanol–water partition coefficient (Wildman–Crippen LogP) is 2.55. The summed E-state index contributed by atoms with van der Waals surface area (Å²) in [6.07, 6.45) is 0. The second-order valence-electron chi connectivity index (χ2n) is 4.35. The van der Waals surface area contributed by atoms with E-state index >= 15 is 0 Å². The standard InChI is InChI=1S/C13H18N2O2/c1-8(2)13(17)15-12-7-11(14-10(4)16)6-5-9(12)3/h5-8H,1-4H3,(H,14,16)(H,15,17). The average Bonchev–Trinajstić information content (AvgIpc) is 2.22. The molecule has 1 aromatic rings. The summed E-state index contributed by atoms with van der Waals surface area (Å²) in [5.74, 6) is -0.234. The van der Waals surface area contributed by atoms with Crippen LogP contribution in [0.1, 0.15) is 26.3 Å². The first-order chi connectivity index (χ1) is 7.90. The minimum Gasteiger partial charge on any atom is -0.326 e. The number of benzene rings is 1. The summed E-state index contributed by atoms with van der Waals surface area (Å²) < 4.78 is 0. The van der Waals surface area contributed by atoms with Gasteiger partial charge in [-0.15, -0.1) is 0 Å². The molecule has 0 heterocycles. The van der Waals surface area contributed by atoms with Gasteiger partial charge < -0.3 is 10.6 Å². The Morgan fingerprint density at radius 2 is 1.82 bits per heavy atom. The summed E-state index contributed by atoms with van der Waals surface area (Å²) in [6.45, 7) is 7.03. The van der Waals surface area contributed by atoms with Crippen molar-refractivity contribution in [2.75, 3.05) is 10.6 Å². The molecule has 2 amide bonds. The van der Waals surface area contributed by atoms with Crippen LogP contribution in [0.4, 0.5) is 11.4 Å². The molecule has 0 radical (unpaired) electrons. The number of hydrogen-bond donors (Lipinski definition) is 2. The number of carbonyl (C=O) groups is 2. The topological polar surface area (TPSA) is 58.2 Å². The van der Waals surface area contributed by atoms with Gasteiger partial charge in [0.2, 0.25) is 11.8 Å². The zero-order chi connectivity index (χ0) is 13.0. The molecule has 2 N–H and O–H groups in total. The predicted molar refractivity (Wildman–Crippen MR) is 69.0 cm³/mol. The smallest absolute Gasteiger partial charge is 0.226 e. The highest BCUT2D eigenvalue weighted by Gasteiger charge is 2.09. The highest BCUT2D eigenvalue weighted by Crippen LogP contribution is 2.20. The van der Waals surface area contributed by atoms with Gasteiger partial charge in [0, 0.05) is 24.2 Å². The first-order valence-electron chi connectivity index (χ1n) is 5.59. The Bertz CT molecular complexity index is 439. The number of nitrogens with one attached hydrogen (secondary N) is 2. The summed E-state index contributed by atoms with van der Waals surface area (Å²) in [5.41, 5.74) is 2.38. The highest BCUT2D eigenvalue weighted by atomic mass is 16.2. The minimum atomic E-state index is -0.130. The zero-order valence-electron chi connectivity index (χ0n) is 10.6. The van der Waals surface area contributed by atoms with E-state index in [-0.39, 0.29) is 17.7 Å². The molecule has 0 bridgehead atoms. The van der Waals surface area contributed by atoms with Crippen LogP contribution in [0.15, 0.2) is 18.2 Å². The van der Waals surface area contributed by atoms with Crippen LogP contribution in [0.2, 0.25) is 0 Å². The second kappa shape index (κ2) is 5.48. The van der Waals surface area contributed by atoms with E-state index < -0.39 is 0 Å². The fourth-order valence-electron chi connectivity index (χ4n) is 1.31. The van der Waals surface area contributed by atoms with Crippen molar-refractivity contribution in [1.29, 1.82) is 0 Å². The Morgan fingerprint density at radius 3 is 2.35 bits per heavy atom. The zero-order valence-corrected chi connectivity index (χ0v) is 10.6. The van der Waals surface area contributed by atoms with Crippen molar-refractivity contribution in [2.45, 2.75) is 27.7 Å². The van der Waals surface area contributed by atoms with Gasteiger partial charge in [-0.3, -0.25) is 9.59 Å². The Labute approximate surface area is 101 Å². The van der Waals surface area contributed by atoms with Gasteiger partial charge in [-0.1, -0.05) is 19.9 Å². The van der Waals surface area contributed by atoms with Gasteiger partial charge in [0.15, 0.2) is 0 Å². The molecule has 4 heteroatoms. The molecule has 4 nitrogen and oxygen atoms in total. The molecule has 0 saturated heterocycles. The molecular formula is C13H18N2O2. The van der Waals surface area contributed by atoms with Crippen LogP contribution < -0.4 is 10.6 Å². The lowest BCUT2D eigenvalue weighted by Gasteiger charge is -2.12. The highest BCUT2D eigenvalue weighted by molar-refractivity contribution is 5.94. The first kappa shape index (κ1) is 13.2. The first-order valence-corrected chi connectivity index (χ1v) is 5.59. The van der Waals surface area contributed by atoms with E-state index in [0.29, 0.717) is 5.69 Å². The molecule has 0 aliphatic carbocycles. The van der Waals surface area contributed by atoms with Crippen molar-refractivity contribution < 1.29 is 9.59 Å². The van der Waals surface area contributed by atoms with Crippen LogP contribution in [0, 0.1) is 12.8 Å². The van der Waals surface area contributed by atoms with E-state index in [4.69, 9.17) is 0 Å². The van der Waals surface area contributed by atoms with E-state index in [1.54, 1.807) is 6.07 Å². The second-order valence-corrected chi connectivity index (χ2v) is 4.35. The van der Waals surface area contributed by atoms with Crippen molar-refractivity contribution >= 4 is 23.2 Å². The van der Waals surface area contributed by atoms with Crippen LogP contribution in [0.5, 0.6) is 0 Å². The maximum atomic E-state index is 11.6. The van der Waals surface area contributed by atoms with Crippen molar-refractivity contribution in [2.24, 2.45) is 5.92 Å². The Kier molecular flexibility index (Phi) is 4.26. The molecule has 0 aromatic heterocycles. The van der Waals surface area contributed by atoms with E-state index in [2.05, 4.69) is 10.6 Å². The maximum Gasteiger partial charge on any atom is 0.226 e. The third-order valence-electron chi connectivity index (χ3n) is 2.34. The Hall–Kier alpha value is -1.84. The SMILES string of the molecule is CC(=O)Nc1ccc(C)c(NC(=O)C(C)C)c1. The summed E-state index contributed by atoms with van der Waals surface area (Å²) in [6, 6.07) is 5.43. The lowest BCUT2D eigenvalue weighted by molar-refractivity contribution is -0.119. The van der Waals surface area contributed by atoms with Crippen molar-refractivity contribution in [1.82, 2.24) is 0 Å². The number of rotatable bonds is 3. The normalized spacial score (nSPS) is 10.2. The molecule has 0 spiro atoms. The molecule has 92 valence electrons. The molecule has 0 fully saturated rings. The van der Waals surface area contributed by atoms with E-state index in [0.717, 1.165) is 11.3 Å². The summed E-state index contributed by atoms with van der Waals surface area (Å²) in [4.78, 5) is 22.5. The largest absolute Gasteiger partial charge is 0.326 e. The Balaban J connectivity index is 2.90. The molecule has 0 saturated carbocycles. The van der Waals surface area contributed by atoms with Gasteiger partial charge in [0.1, 0.15) is 0 Å². The molecule has 17 heavy (non-hydrogen) atoms. The molecule has 1 rings (SSSR count). The van der Waals surface area contributed by atoms with Gasteiger partial charge >= 0.3 is 0 Å². The van der Waals surface area contributed by atoms with E-state index in [1.807, 2.05) is 32.9 Å². The third-order valence-corrected chi connectivity index (χ3v) is 2.34. The van der Waals surface area contributed by atoms with Crippen molar-refractivity contribution in [3.63, 3.8) is 0 Å². The molecule has 1 aromatic carbocycles. The molecule has 0 atom stereocenters. The summed E-state index contributed by atoms with van der Waals surface area (Å²) in [7, 11) is 0. The quantitative estimate of drug-likeness (QED) is 0.844. The number of carbonyl (C=O) groups excluding carboxylic acids is 2. The summed E-state index contributed by atoms with van der Waals surface area (Å²) in [5, 5.41) is 5.52. The van der Waals surface area contributed by atoms with Crippen molar-refractivity contribution in [3.05, 3.63) is 23.8 Å². The molecule has 0 aliphatic heterocycles. The van der Waals surface area contributed by atoms with Crippen LogP contribution in [0.3, 0.4) is 0 Å². The molecular weight excluding hydrogens is 216 g/mol. The van der Waals surface area contributed by atoms with Gasteiger partial charge in [0.05, 0.1) is 0 Å². The van der Waals surface area contributed by atoms with E-state index in [9.17, 15) is 9.59 Å². The van der Waals surface area contributed by atoms with Crippen LogP contribution in [0.25, 0.3) is 0 Å². The number of anilines is 2. The fraction of sp³-hybridized carbons (Fsp3) is 0.385. The summed E-state index contributed by atoms with van der Waals surface area (Å²) >= 11 is 0. The van der Waals surface area contributed by atoms with Crippen molar-refractivity contribution in [3.8, 4) is 0 Å². The van der Waals surface area contributed by atoms with Crippen LogP contribution >= 0.6 is 0 Å². The maximum absolute atomic E-state index is 11.6. The lowest BCUT2D eigenvalue weighted by atomic mass is 10.1. The van der Waals surface area contributed by atoms with Crippen LogP contribution in [-0.2, 0) is 9.59 Å². The Morgan fingerprint density at radius 1 is 1.18 bits per heavy atom. The minimum absolute atomic E-state index is 0.0342. The molecule has 0 unspecified atom stereocenters. The average molecular weight is 234 g/mol. The lowest BCUT2D eigenvalue weighted by Crippen LogP contribution is -2.18. The van der Waals surface area contributed by atoms with Gasteiger partial charge in [-0.25, -0.2) is 0 Å². The number of aryl methyl sites for hydroxylation is 1.